The first kappa shape index (κ1) is 22.5. The lowest BCUT2D eigenvalue weighted by Crippen LogP contribution is -2.17. The number of rotatable bonds is 5. The van der Waals surface area contributed by atoms with Gasteiger partial charge in [0.1, 0.15) is 5.75 Å². The maximum Gasteiger partial charge on any atom is 0.344 e. The molecule has 5 nitrogen and oxygen atoms in total. The zero-order valence-corrected chi connectivity index (χ0v) is 20.0. The van der Waals surface area contributed by atoms with Gasteiger partial charge < -0.3 is 4.74 Å². The minimum absolute atomic E-state index is 0.349. The number of hydrogen-bond acceptors (Lipinski definition) is 4. The fourth-order valence-electron chi connectivity index (χ4n) is 3.91. The fraction of sp³-hybridized carbons (Fsp3) is 0. The van der Waals surface area contributed by atoms with Crippen LogP contribution in [0, 0.1) is 0 Å². The number of esters is 1. The zero-order valence-electron chi connectivity index (χ0n) is 18.4. The molecule has 0 fully saturated rings. The lowest BCUT2D eigenvalue weighted by molar-refractivity contribution is 0.0736. The van der Waals surface area contributed by atoms with Crippen LogP contribution in [-0.2, 0) is 0 Å². The van der Waals surface area contributed by atoms with Crippen molar-refractivity contribution in [3.05, 3.63) is 124 Å². The van der Waals surface area contributed by atoms with Crippen LogP contribution >= 0.6 is 15.9 Å². The number of fused-ring (bicyclic) bond motifs is 2. The van der Waals surface area contributed by atoms with E-state index < -0.39 is 5.97 Å². The molecule has 0 aliphatic carbocycles. The Hall–Kier alpha value is -4.29. The van der Waals surface area contributed by atoms with Crippen molar-refractivity contribution in [2.75, 3.05) is 0 Å². The summed E-state index contributed by atoms with van der Waals surface area (Å²) in [5.41, 5.74) is 4.08. The smallest absolute Gasteiger partial charge is 0.344 e. The standard InChI is InChI=1S/C29H19BrN2O3/c30-22-11-5-10-21(17-22)28(33)32-31-18-26-24-13-4-2-8-20(24)15-16-27(26)35-29(34)25-14-6-9-19-7-1-3-12-23(19)25/h1-18H,(H,32,33)/b31-18-. The quantitative estimate of drug-likeness (QED) is 0.120. The molecular weight excluding hydrogens is 504 g/mol. The van der Waals surface area contributed by atoms with Crippen LogP contribution in [0.2, 0.25) is 0 Å². The van der Waals surface area contributed by atoms with Crippen LogP contribution < -0.4 is 10.2 Å². The van der Waals surface area contributed by atoms with E-state index in [-0.39, 0.29) is 5.91 Å². The van der Waals surface area contributed by atoms with Crippen LogP contribution in [0.3, 0.4) is 0 Å². The molecule has 6 heteroatoms. The van der Waals surface area contributed by atoms with Gasteiger partial charge in [0, 0.05) is 15.6 Å². The first-order valence-corrected chi connectivity index (χ1v) is 11.7. The van der Waals surface area contributed by atoms with Gasteiger partial charge in [-0.15, -0.1) is 0 Å². The van der Waals surface area contributed by atoms with Gasteiger partial charge in [-0.3, -0.25) is 4.79 Å². The molecule has 0 atom stereocenters. The summed E-state index contributed by atoms with van der Waals surface area (Å²) in [4.78, 5) is 25.7. The Labute approximate surface area is 210 Å². The van der Waals surface area contributed by atoms with Crippen molar-refractivity contribution in [1.29, 1.82) is 0 Å². The highest BCUT2D eigenvalue weighted by Gasteiger charge is 2.16. The Morgan fingerprint density at radius 2 is 1.46 bits per heavy atom. The Balaban J connectivity index is 1.47. The third-order valence-corrected chi connectivity index (χ3v) is 6.08. The van der Waals surface area contributed by atoms with Crippen LogP contribution in [0.15, 0.2) is 113 Å². The molecule has 0 aliphatic heterocycles. The molecule has 5 aromatic carbocycles. The predicted octanol–water partition coefficient (Wildman–Crippen LogP) is 6.74. The predicted molar refractivity (Wildman–Crippen MR) is 142 cm³/mol. The maximum absolute atomic E-state index is 13.2. The molecule has 0 bridgehead atoms. The highest BCUT2D eigenvalue weighted by Crippen LogP contribution is 2.28. The Bertz CT molecular complexity index is 1610. The van der Waals surface area contributed by atoms with Gasteiger partial charge in [-0.05, 0) is 51.9 Å². The lowest BCUT2D eigenvalue weighted by Gasteiger charge is -2.12. The third kappa shape index (κ3) is 4.83. The second-order valence-electron chi connectivity index (χ2n) is 7.82. The second kappa shape index (κ2) is 9.91. The number of carbonyl (C=O) groups is 2. The monoisotopic (exact) mass is 522 g/mol. The van der Waals surface area contributed by atoms with Crippen LogP contribution in [0.5, 0.6) is 5.75 Å². The number of ether oxygens (including phenoxy) is 1. The van der Waals surface area contributed by atoms with Gasteiger partial charge in [0.15, 0.2) is 0 Å². The van der Waals surface area contributed by atoms with Gasteiger partial charge in [0.2, 0.25) is 0 Å². The topological polar surface area (TPSA) is 67.8 Å². The van der Waals surface area contributed by atoms with Crippen molar-refractivity contribution in [3.63, 3.8) is 0 Å². The number of nitrogens with zero attached hydrogens (tertiary/aromatic N) is 1. The van der Waals surface area contributed by atoms with E-state index in [9.17, 15) is 9.59 Å². The molecular formula is C29H19BrN2O3. The minimum atomic E-state index is -0.468. The van der Waals surface area contributed by atoms with Gasteiger partial charge in [-0.25, -0.2) is 10.2 Å². The van der Waals surface area contributed by atoms with Crippen molar-refractivity contribution in [2.45, 2.75) is 0 Å². The van der Waals surface area contributed by atoms with Crippen molar-refractivity contribution in [3.8, 4) is 5.75 Å². The summed E-state index contributed by atoms with van der Waals surface area (Å²) < 4.78 is 6.65. The summed E-state index contributed by atoms with van der Waals surface area (Å²) in [5.74, 6) is -0.468. The first-order valence-electron chi connectivity index (χ1n) is 10.9. The number of carbonyl (C=O) groups excluding carboxylic acids is 2. The molecule has 0 heterocycles. The van der Waals surface area contributed by atoms with E-state index in [1.165, 1.54) is 6.21 Å². The average molecular weight is 523 g/mol. The van der Waals surface area contributed by atoms with Crippen molar-refractivity contribution in [1.82, 2.24) is 5.43 Å². The SMILES string of the molecule is O=C(N/N=C\c1c(OC(=O)c2cccc3ccccc23)ccc2ccccc12)c1cccc(Br)c1. The van der Waals surface area contributed by atoms with Crippen LogP contribution in [0.1, 0.15) is 26.3 Å². The van der Waals surface area contributed by atoms with Gasteiger partial charge >= 0.3 is 5.97 Å². The largest absolute Gasteiger partial charge is 0.422 e. The highest BCUT2D eigenvalue weighted by molar-refractivity contribution is 9.10. The Morgan fingerprint density at radius 1 is 0.771 bits per heavy atom. The Morgan fingerprint density at radius 3 is 2.26 bits per heavy atom. The molecule has 5 rings (SSSR count). The van der Waals surface area contributed by atoms with E-state index in [0.29, 0.717) is 22.4 Å². The third-order valence-electron chi connectivity index (χ3n) is 5.59. The van der Waals surface area contributed by atoms with Crippen LogP contribution in [0.4, 0.5) is 0 Å². The van der Waals surface area contributed by atoms with Gasteiger partial charge in [0.05, 0.1) is 11.8 Å². The molecule has 0 aromatic heterocycles. The average Bonchev–Trinajstić information content (AvgIpc) is 2.89. The summed E-state index contributed by atoms with van der Waals surface area (Å²) in [5, 5.41) is 7.73. The molecule has 1 N–H and O–H groups in total. The molecule has 0 saturated heterocycles. The molecule has 0 spiro atoms. The molecule has 5 aromatic rings. The normalized spacial score (nSPS) is 11.1. The summed E-state index contributed by atoms with van der Waals surface area (Å²) in [7, 11) is 0. The maximum atomic E-state index is 13.2. The first-order chi connectivity index (χ1) is 17.1. The van der Waals surface area contributed by atoms with Crippen LogP contribution in [-0.4, -0.2) is 18.1 Å². The Kier molecular flexibility index (Phi) is 6.37. The van der Waals surface area contributed by atoms with Crippen LogP contribution in [0.25, 0.3) is 21.5 Å². The van der Waals surface area contributed by atoms with Gasteiger partial charge in [0.25, 0.3) is 5.91 Å². The van der Waals surface area contributed by atoms with E-state index in [2.05, 4.69) is 26.5 Å². The van der Waals surface area contributed by atoms with E-state index in [1.54, 1.807) is 30.3 Å². The van der Waals surface area contributed by atoms with E-state index in [4.69, 9.17) is 4.74 Å². The van der Waals surface area contributed by atoms with Crippen molar-refractivity contribution < 1.29 is 14.3 Å². The zero-order chi connectivity index (χ0) is 24.2. The van der Waals surface area contributed by atoms with Crippen molar-refractivity contribution in [2.24, 2.45) is 5.10 Å². The summed E-state index contributed by atoms with van der Waals surface area (Å²) >= 11 is 3.36. The van der Waals surface area contributed by atoms with Gasteiger partial charge in [-0.2, -0.15) is 5.10 Å². The minimum Gasteiger partial charge on any atom is -0.422 e. The summed E-state index contributed by atoms with van der Waals surface area (Å²) in [6, 6.07) is 31.6. The molecule has 0 radical (unpaired) electrons. The van der Waals surface area contributed by atoms with E-state index >= 15 is 0 Å². The number of nitrogens with one attached hydrogen (secondary N) is 1. The van der Waals surface area contributed by atoms with Gasteiger partial charge in [-0.1, -0.05) is 88.7 Å². The summed E-state index contributed by atoms with van der Waals surface area (Å²) in [6.07, 6.45) is 1.50. The molecule has 1 amide bonds. The lowest BCUT2D eigenvalue weighted by atomic mass is 10.0. The molecule has 0 unspecified atom stereocenters. The number of benzene rings is 5. The number of amides is 1. The summed E-state index contributed by atoms with van der Waals surface area (Å²) in [6.45, 7) is 0. The molecule has 0 aliphatic rings. The molecule has 0 saturated carbocycles. The highest BCUT2D eigenvalue weighted by atomic mass is 79.9. The fourth-order valence-corrected chi connectivity index (χ4v) is 4.30. The van der Waals surface area contributed by atoms with E-state index in [1.807, 2.05) is 72.8 Å². The van der Waals surface area contributed by atoms with E-state index in [0.717, 1.165) is 26.0 Å². The number of halogens is 1. The second-order valence-corrected chi connectivity index (χ2v) is 8.74. The number of hydrazone groups is 1. The molecule has 170 valence electrons. The number of hydrogen-bond donors (Lipinski definition) is 1. The molecule has 35 heavy (non-hydrogen) atoms. The van der Waals surface area contributed by atoms with Crippen molar-refractivity contribution >= 4 is 55.6 Å².